The zero-order valence-electron chi connectivity index (χ0n) is 9.55. The summed E-state index contributed by atoms with van der Waals surface area (Å²) in [5, 5.41) is 1.88. The molecule has 0 heterocycles. The van der Waals surface area contributed by atoms with E-state index >= 15 is 0 Å². The molecular weight excluding hydrogens is 243 g/mol. The van der Waals surface area contributed by atoms with Crippen LogP contribution in [0.25, 0.3) is 5.57 Å². The fourth-order valence-corrected chi connectivity index (χ4v) is 2.00. The molecule has 0 radical (unpaired) electrons. The summed E-state index contributed by atoms with van der Waals surface area (Å²) in [5.74, 6) is -1.88. The first-order valence-corrected chi connectivity index (χ1v) is 5.61. The number of hydrogen-bond acceptors (Lipinski definition) is 1. The van der Waals surface area contributed by atoms with Crippen LogP contribution in [0.4, 0.5) is 13.2 Å². The zero-order chi connectivity index (χ0) is 13.2. The van der Waals surface area contributed by atoms with E-state index in [1.165, 1.54) is 5.56 Å². The second-order valence-electron chi connectivity index (χ2n) is 4.09. The third-order valence-electron chi connectivity index (χ3n) is 2.87. The summed E-state index contributed by atoms with van der Waals surface area (Å²) >= 11 is 0. The van der Waals surface area contributed by atoms with E-state index in [4.69, 9.17) is 0 Å². The van der Waals surface area contributed by atoms with Crippen LogP contribution in [0.2, 0.25) is 0 Å². The van der Waals surface area contributed by atoms with Gasteiger partial charge >= 0.3 is 12.1 Å². The Labute approximate surface area is 102 Å². The molecule has 1 aromatic rings. The van der Waals surface area contributed by atoms with Crippen LogP contribution >= 0.6 is 0 Å². The Bertz CT molecular complexity index is 491. The van der Waals surface area contributed by atoms with E-state index in [1.54, 1.807) is 0 Å². The standard InChI is InChI=1S/C13H12F3NO/c14-13(15,16)12(18)17-8-7-10-6-5-9-3-1-2-4-11(9)10/h1-4,6H,5,7-8H2,(H,17,18). The molecule has 0 spiro atoms. The summed E-state index contributed by atoms with van der Waals surface area (Å²) in [6, 6.07) is 7.76. The van der Waals surface area contributed by atoms with Gasteiger partial charge in [0.05, 0.1) is 0 Å². The van der Waals surface area contributed by atoms with Crippen molar-refractivity contribution in [2.75, 3.05) is 6.54 Å². The van der Waals surface area contributed by atoms with Crippen LogP contribution in [0.1, 0.15) is 17.5 Å². The number of rotatable bonds is 3. The van der Waals surface area contributed by atoms with Crippen molar-refractivity contribution >= 4 is 11.5 Å². The number of allylic oxidation sites excluding steroid dienone is 1. The molecule has 1 N–H and O–H groups in total. The van der Waals surface area contributed by atoms with Crippen LogP contribution in [-0.4, -0.2) is 18.6 Å². The van der Waals surface area contributed by atoms with Gasteiger partial charge < -0.3 is 5.32 Å². The van der Waals surface area contributed by atoms with Crippen molar-refractivity contribution in [3.05, 3.63) is 41.5 Å². The van der Waals surface area contributed by atoms with E-state index in [1.807, 2.05) is 35.7 Å². The Morgan fingerprint density at radius 1 is 1.28 bits per heavy atom. The van der Waals surface area contributed by atoms with Gasteiger partial charge in [0.25, 0.3) is 0 Å². The average molecular weight is 255 g/mol. The Morgan fingerprint density at radius 3 is 2.72 bits per heavy atom. The van der Waals surface area contributed by atoms with Gasteiger partial charge in [-0.05, 0) is 29.5 Å². The minimum atomic E-state index is -4.80. The third kappa shape index (κ3) is 2.72. The SMILES string of the molecule is O=C(NCCC1=CCc2ccccc21)C(F)(F)F. The average Bonchev–Trinajstić information content (AvgIpc) is 2.71. The summed E-state index contributed by atoms with van der Waals surface area (Å²) in [7, 11) is 0. The third-order valence-corrected chi connectivity index (χ3v) is 2.87. The molecule has 2 rings (SSSR count). The van der Waals surface area contributed by atoms with Crippen LogP contribution in [-0.2, 0) is 11.2 Å². The molecule has 0 aliphatic heterocycles. The Balaban J connectivity index is 1.88. The molecule has 0 atom stereocenters. The van der Waals surface area contributed by atoms with Crippen molar-refractivity contribution in [1.29, 1.82) is 0 Å². The number of carbonyl (C=O) groups excluding carboxylic acids is 1. The molecule has 96 valence electrons. The maximum absolute atomic E-state index is 12.0. The van der Waals surface area contributed by atoms with E-state index in [-0.39, 0.29) is 6.54 Å². The minimum Gasteiger partial charge on any atom is -0.348 e. The smallest absolute Gasteiger partial charge is 0.348 e. The first-order valence-electron chi connectivity index (χ1n) is 5.61. The van der Waals surface area contributed by atoms with Crippen molar-refractivity contribution in [1.82, 2.24) is 5.32 Å². The summed E-state index contributed by atoms with van der Waals surface area (Å²) in [6.45, 7) is -0.00148. The molecular formula is C13H12F3NO. The predicted molar refractivity (Wildman–Crippen MR) is 61.8 cm³/mol. The van der Waals surface area contributed by atoms with Gasteiger partial charge in [-0.2, -0.15) is 13.2 Å². The number of alkyl halides is 3. The van der Waals surface area contributed by atoms with E-state index in [9.17, 15) is 18.0 Å². The van der Waals surface area contributed by atoms with E-state index < -0.39 is 12.1 Å². The van der Waals surface area contributed by atoms with Crippen LogP contribution < -0.4 is 5.32 Å². The molecule has 0 unspecified atom stereocenters. The summed E-state index contributed by atoms with van der Waals surface area (Å²) in [6.07, 6.45) is -1.59. The van der Waals surface area contributed by atoms with E-state index in [2.05, 4.69) is 0 Å². The Hall–Kier alpha value is -1.78. The highest BCUT2D eigenvalue weighted by molar-refractivity contribution is 5.82. The lowest BCUT2D eigenvalue weighted by atomic mass is 10.0. The Kier molecular flexibility index (Phi) is 3.41. The van der Waals surface area contributed by atoms with Crippen LogP contribution in [0.3, 0.4) is 0 Å². The van der Waals surface area contributed by atoms with Gasteiger partial charge in [-0.1, -0.05) is 30.3 Å². The molecule has 1 aliphatic carbocycles. The second kappa shape index (κ2) is 4.84. The molecule has 0 bridgehead atoms. The summed E-state index contributed by atoms with van der Waals surface area (Å²) in [5.41, 5.74) is 3.24. The molecule has 1 aromatic carbocycles. The maximum Gasteiger partial charge on any atom is 0.471 e. The number of nitrogens with one attached hydrogen (secondary N) is 1. The number of amides is 1. The van der Waals surface area contributed by atoms with Crippen molar-refractivity contribution in [3.63, 3.8) is 0 Å². The van der Waals surface area contributed by atoms with Gasteiger partial charge in [-0.25, -0.2) is 0 Å². The lowest BCUT2D eigenvalue weighted by Gasteiger charge is -2.09. The Morgan fingerprint density at radius 2 is 2.00 bits per heavy atom. The van der Waals surface area contributed by atoms with E-state index in [0.717, 1.165) is 17.6 Å². The van der Waals surface area contributed by atoms with Gasteiger partial charge in [-0.15, -0.1) is 0 Å². The van der Waals surface area contributed by atoms with Gasteiger partial charge in [0.15, 0.2) is 0 Å². The highest BCUT2D eigenvalue weighted by atomic mass is 19.4. The predicted octanol–water partition coefficient (Wildman–Crippen LogP) is 2.69. The van der Waals surface area contributed by atoms with Crippen molar-refractivity contribution in [2.24, 2.45) is 0 Å². The van der Waals surface area contributed by atoms with Gasteiger partial charge in [0.2, 0.25) is 0 Å². The molecule has 18 heavy (non-hydrogen) atoms. The molecule has 2 nitrogen and oxygen atoms in total. The van der Waals surface area contributed by atoms with Gasteiger partial charge in [0.1, 0.15) is 0 Å². The van der Waals surface area contributed by atoms with Crippen LogP contribution in [0.15, 0.2) is 30.3 Å². The lowest BCUT2D eigenvalue weighted by molar-refractivity contribution is -0.173. The van der Waals surface area contributed by atoms with Crippen molar-refractivity contribution in [3.8, 4) is 0 Å². The summed E-state index contributed by atoms with van der Waals surface area (Å²) < 4.78 is 35.9. The fraction of sp³-hybridized carbons (Fsp3) is 0.308. The highest BCUT2D eigenvalue weighted by Crippen LogP contribution is 2.29. The molecule has 0 saturated carbocycles. The largest absolute Gasteiger partial charge is 0.471 e. The highest BCUT2D eigenvalue weighted by Gasteiger charge is 2.38. The van der Waals surface area contributed by atoms with Crippen molar-refractivity contribution in [2.45, 2.75) is 19.0 Å². The van der Waals surface area contributed by atoms with Gasteiger partial charge in [0, 0.05) is 6.54 Å². The number of carbonyl (C=O) groups is 1. The molecule has 0 fully saturated rings. The summed E-state index contributed by atoms with van der Waals surface area (Å²) in [4.78, 5) is 10.6. The van der Waals surface area contributed by atoms with Crippen LogP contribution in [0, 0.1) is 0 Å². The number of halogens is 3. The molecule has 5 heteroatoms. The van der Waals surface area contributed by atoms with Crippen LogP contribution in [0.5, 0.6) is 0 Å². The molecule has 0 saturated heterocycles. The topological polar surface area (TPSA) is 29.1 Å². The quantitative estimate of drug-likeness (QED) is 0.884. The number of hydrogen-bond donors (Lipinski definition) is 1. The molecule has 0 aromatic heterocycles. The normalized spacial score (nSPS) is 14.1. The zero-order valence-corrected chi connectivity index (χ0v) is 9.55. The second-order valence-corrected chi connectivity index (χ2v) is 4.09. The first kappa shape index (κ1) is 12.7. The fourth-order valence-electron chi connectivity index (χ4n) is 2.00. The molecule has 1 aliphatic rings. The molecule has 1 amide bonds. The van der Waals surface area contributed by atoms with Gasteiger partial charge in [-0.3, -0.25) is 4.79 Å². The first-order chi connectivity index (χ1) is 8.48. The van der Waals surface area contributed by atoms with Crippen molar-refractivity contribution < 1.29 is 18.0 Å². The monoisotopic (exact) mass is 255 g/mol. The number of fused-ring (bicyclic) bond motifs is 1. The lowest BCUT2D eigenvalue weighted by Crippen LogP contribution is -2.37. The van der Waals surface area contributed by atoms with E-state index in [0.29, 0.717) is 6.42 Å². The number of benzene rings is 1. The maximum atomic E-state index is 12.0. The minimum absolute atomic E-state index is 0.00148.